The normalized spacial score (nSPS) is 15.3. The van der Waals surface area contributed by atoms with Crippen LogP contribution < -0.4 is 0 Å². The summed E-state index contributed by atoms with van der Waals surface area (Å²) in [6.07, 6.45) is 2.96. The number of hydrogen-bond acceptors (Lipinski definition) is 5. The van der Waals surface area contributed by atoms with Crippen LogP contribution in [-0.4, -0.2) is 43.8 Å². The number of tetrazole rings is 1. The summed E-state index contributed by atoms with van der Waals surface area (Å²) in [6.45, 7) is 7.21. The van der Waals surface area contributed by atoms with Gasteiger partial charge in [-0.1, -0.05) is 61.9 Å². The highest BCUT2D eigenvalue weighted by molar-refractivity contribution is 6.02. The maximum absolute atomic E-state index is 13.1. The molecule has 2 aromatic carbocycles. The first kappa shape index (κ1) is 23.6. The van der Waals surface area contributed by atoms with Crippen LogP contribution in [0.3, 0.4) is 0 Å². The van der Waals surface area contributed by atoms with Gasteiger partial charge in [0.2, 0.25) is 5.91 Å². The van der Waals surface area contributed by atoms with Gasteiger partial charge in [0.25, 0.3) is 0 Å². The predicted molar refractivity (Wildman–Crippen MR) is 128 cm³/mol. The molecule has 2 heterocycles. The van der Waals surface area contributed by atoms with Gasteiger partial charge in [-0.25, -0.2) is 5.10 Å². The molecule has 32 heavy (non-hydrogen) atoms. The van der Waals surface area contributed by atoms with Gasteiger partial charge >= 0.3 is 0 Å². The highest BCUT2D eigenvalue weighted by atomic mass is 35.5. The van der Waals surface area contributed by atoms with Gasteiger partial charge < -0.3 is 0 Å². The Labute approximate surface area is 194 Å². The average Bonchev–Trinajstić information content (AvgIpc) is 3.32. The third kappa shape index (κ3) is 4.88. The van der Waals surface area contributed by atoms with Crippen molar-refractivity contribution in [3.05, 3.63) is 54.1 Å². The average molecular weight is 453 g/mol. The molecule has 1 aliphatic heterocycles. The molecule has 1 amide bonds. The van der Waals surface area contributed by atoms with Crippen LogP contribution in [0.5, 0.6) is 0 Å². The summed E-state index contributed by atoms with van der Waals surface area (Å²) >= 11 is 0. The van der Waals surface area contributed by atoms with Crippen molar-refractivity contribution in [3.63, 3.8) is 0 Å². The van der Waals surface area contributed by atoms with Gasteiger partial charge in [0.15, 0.2) is 5.82 Å². The molecule has 4 rings (SSSR count). The fourth-order valence-electron chi connectivity index (χ4n) is 3.82. The molecular weight excluding hydrogens is 424 g/mol. The molecule has 0 bridgehead atoms. The van der Waals surface area contributed by atoms with Crippen LogP contribution in [0.4, 0.5) is 0 Å². The molecule has 0 radical (unpaired) electrons. The van der Waals surface area contributed by atoms with Crippen molar-refractivity contribution in [2.24, 2.45) is 10.4 Å². The number of halogens is 1. The molecule has 0 spiro atoms. The first-order valence-electron chi connectivity index (χ1n) is 10.8. The van der Waals surface area contributed by atoms with E-state index in [4.69, 9.17) is 4.99 Å². The number of aromatic amines is 1. The predicted octanol–water partition coefficient (Wildman–Crippen LogP) is 4.91. The lowest BCUT2D eigenvalue weighted by molar-refractivity contribution is -0.137. The Balaban J connectivity index is 0.00000289. The zero-order valence-corrected chi connectivity index (χ0v) is 19.5. The van der Waals surface area contributed by atoms with E-state index in [-0.39, 0.29) is 18.3 Å². The Morgan fingerprint density at radius 3 is 2.44 bits per heavy atom. The SMILES string of the molecule is CCCCC1=NCC(C)(C)C(=O)N1Cc1ccc(-c2ccccc2-c2nnn[nH]2)cc1.Cl. The molecule has 168 valence electrons. The molecule has 1 aliphatic rings. The van der Waals surface area contributed by atoms with E-state index in [2.05, 4.69) is 57.9 Å². The zero-order chi connectivity index (χ0) is 21.8. The summed E-state index contributed by atoms with van der Waals surface area (Å²) < 4.78 is 0. The lowest BCUT2D eigenvalue weighted by atomic mass is 9.89. The third-order valence-corrected chi connectivity index (χ3v) is 5.68. The molecule has 0 fully saturated rings. The van der Waals surface area contributed by atoms with Crippen LogP contribution in [0.25, 0.3) is 22.5 Å². The molecule has 8 heteroatoms. The second-order valence-corrected chi connectivity index (χ2v) is 8.60. The largest absolute Gasteiger partial charge is 0.296 e. The van der Waals surface area contributed by atoms with E-state index >= 15 is 0 Å². The van der Waals surface area contributed by atoms with Gasteiger partial charge in [-0.3, -0.25) is 14.7 Å². The van der Waals surface area contributed by atoms with Gasteiger partial charge in [0, 0.05) is 12.0 Å². The molecule has 0 unspecified atom stereocenters. The van der Waals surface area contributed by atoms with E-state index in [9.17, 15) is 4.79 Å². The van der Waals surface area contributed by atoms with Crippen LogP contribution in [0, 0.1) is 5.41 Å². The van der Waals surface area contributed by atoms with Gasteiger partial charge in [-0.2, -0.15) is 0 Å². The number of aromatic nitrogens is 4. The minimum Gasteiger partial charge on any atom is -0.296 e. The summed E-state index contributed by atoms with van der Waals surface area (Å²) in [7, 11) is 0. The Morgan fingerprint density at radius 1 is 1.06 bits per heavy atom. The molecule has 1 aromatic heterocycles. The number of rotatable bonds is 7. The summed E-state index contributed by atoms with van der Waals surface area (Å²) in [5.41, 5.74) is 3.69. The summed E-state index contributed by atoms with van der Waals surface area (Å²) in [4.78, 5) is 19.7. The number of nitrogens with zero attached hydrogens (tertiary/aromatic N) is 5. The quantitative estimate of drug-likeness (QED) is 0.551. The van der Waals surface area contributed by atoms with Gasteiger partial charge in [-0.05, 0) is 47.4 Å². The van der Waals surface area contributed by atoms with Crippen LogP contribution >= 0.6 is 12.4 Å². The number of nitrogens with one attached hydrogen (secondary N) is 1. The number of carbonyl (C=O) groups excluding carboxylic acids is 1. The van der Waals surface area contributed by atoms with E-state index in [1.54, 1.807) is 0 Å². The van der Waals surface area contributed by atoms with E-state index < -0.39 is 5.41 Å². The first-order valence-corrected chi connectivity index (χ1v) is 10.8. The lowest BCUT2D eigenvalue weighted by Gasteiger charge is -2.36. The Morgan fingerprint density at radius 2 is 1.78 bits per heavy atom. The fourth-order valence-corrected chi connectivity index (χ4v) is 3.82. The molecular formula is C24H29ClN6O. The van der Waals surface area contributed by atoms with Gasteiger partial charge in [-0.15, -0.1) is 17.5 Å². The monoisotopic (exact) mass is 452 g/mol. The molecule has 0 aliphatic carbocycles. The van der Waals surface area contributed by atoms with Crippen LogP contribution in [0.2, 0.25) is 0 Å². The smallest absolute Gasteiger partial charge is 0.235 e. The zero-order valence-electron chi connectivity index (χ0n) is 18.7. The summed E-state index contributed by atoms with van der Waals surface area (Å²) in [5, 5.41) is 14.3. The number of hydrogen-bond donors (Lipinski definition) is 1. The number of carbonyl (C=O) groups is 1. The minimum absolute atomic E-state index is 0. The number of H-pyrrole nitrogens is 1. The number of amidine groups is 1. The highest BCUT2D eigenvalue weighted by Gasteiger charge is 2.37. The molecule has 0 saturated heterocycles. The molecule has 7 nitrogen and oxygen atoms in total. The molecule has 1 N–H and O–H groups in total. The first-order chi connectivity index (χ1) is 15.0. The van der Waals surface area contributed by atoms with Crippen LogP contribution in [0.15, 0.2) is 53.5 Å². The van der Waals surface area contributed by atoms with Crippen molar-refractivity contribution in [1.29, 1.82) is 0 Å². The van der Waals surface area contributed by atoms with Crippen LogP contribution in [0.1, 0.15) is 45.6 Å². The minimum atomic E-state index is -0.459. The van der Waals surface area contributed by atoms with Crippen molar-refractivity contribution in [2.75, 3.05) is 6.54 Å². The van der Waals surface area contributed by atoms with Crippen molar-refractivity contribution in [2.45, 2.75) is 46.6 Å². The van der Waals surface area contributed by atoms with Crippen LogP contribution in [-0.2, 0) is 11.3 Å². The van der Waals surface area contributed by atoms with E-state index in [1.165, 1.54) is 0 Å². The summed E-state index contributed by atoms with van der Waals surface area (Å²) in [6, 6.07) is 16.3. The molecule has 3 aromatic rings. The second-order valence-electron chi connectivity index (χ2n) is 8.60. The Kier molecular flexibility index (Phi) is 7.40. The Hall–Kier alpha value is -3.06. The van der Waals surface area contributed by atoms with Gasteiger partial charge in [0.1, 0.15) is 5.84 Å². The van der Waals surface area contributed by atoms with E-state index in [1.807, 2.05) is 36.9 Å². The van der Waals surface area contributed by atoms with Crippen molar-refractivity contribution < 1.29 is 4.79 Å². The third-order valence-electron chi connectivity index (χ3n) is 5.68. The van der Waals surface area contributed by atoms with Crippen molar-refractivity contribution >= 4 is 24.1 Å². The number of aliphatic imine (C=N–C) groups is 1. The van der Waals surface area contributed by atoms with Gasteiger partial charge in [0.05, 0.1) is 18.5 Å². The summed E-state index contributed by atoms with van der Waals surface area (Å²) in [5.74, 6) is 1.71. The highest BCUT2D eigenvalue weighted by Crippen LogP contribution is 2.31. The van der Waals surface area contributed by atoms with E-state index in [0.29, 0.717) is 18.9 Å². The Bertz CT molecular complexity index is 1080. The number of benzene rings is 2. The maximum Gasteiger partial charge on any atom is 0.235 e. The van der Waals surface area contributed by atoms with E-state index in [0.717, 1.165) is 47.4 Å². The second kappa shape index (κ2) is 10.0. The topological polar surface area (TPSA) is 87.1 Å². The van der Waals surface area contributed by atoms with Crippen molar-refractivity contribution in [1.82, 2.24) is 25.5 Å². The number of unbranched alkanes of at least 4 members (excludes halogenated alkanes) is 1. The molecule has 0 atom stereocenters. The standard InChI is InChI=1S/C24H28N6O.ClH/c1-4-5-10-21-25-16-24(2,3)23(31)30(21)15-17-11-13-18(14-12-17)19-8-6-7-9-20(19)22-26-28-29-27-22;/h6-9,11-14H,4-5,10,15-16H2,1-3H3,(H,26,27,28,29);1H. The lowest BCUT2D eigenvalue weighted by Crippen LogP contribution is -2.49. The fraction of sp³-hybridized carbons (Fsp3) is 0.375. The van der Waals surface area contributed by atoms with Crippen molar-refractivity contribution in [3.8, 4) is 22.5 Å². The number of amides is 1. The maximum atomic E-state index is 13.1. The molecule has 0 saturated carbocycles.